The number of benzene rings is 3. The number of primary sulfonamides is 1. The van der Waals surface area contributed by atoms with Crippen LogP contribution in [0.25, 0.3) is 0 Å². The van der Waals surface area contributed by atoms with E-state index in [4.69, 9.17) is 9.88 Å². The lowest BCUT2D eigenvalue weighted by Crippen LogP contribution is -2.21. The minimum Gasteiger partial charge on any atom is -0.485 e. The first-order chi connectivity index (χ1) is 13.5. The molecule has 1 unspecified atom stereocenters. The van der Waals surface area contributed by atoms with Crippen LogP contribution in [0.2, 0.25) is 0 Å². The van der Waals surface area contributed by atoms with Gasteiger partial charge in [0.2, 0.25) is 10.0 Å². The van der Waals surface area contributed by atoms with E-state index in [1.807, 2.05) is 54.6 Å². The third-order valence-corrected chi connectivity index (χ3v) is 5.45. The molecule has 1 aliphatic rings. The van der Waals surface area contributed by atoms with Gasteiger partial charge >= 0.3 is 0 Å². The highest BCUT2D eigenvalue weighted by molar-refractivity contribution is 7.89. The van der Waals surface area contributed by atoms with Crippen LogP contribution in [0.1, 0.15) is 23.7 Å². The SMILES string of the molecule is NS(=O)(=O)c1ccc(NN=C2CC(c3ccccc3)Oc3ccccc32)cc1. The predicted molar refractivity (Wildman–Crippen MR) is 109 cm³/mol. The van der Waals surface area contributed by atoms with Gasteiger partial charge in [0.1, 0.15) is 11.9 Å². The number of ether oxygens (including phenoxy) is 1. The van der Waals surface area contributed by atoms with Gasteiger partial charge in [0.05, 0.1) is 16.3 Å². The van der Waals surface area contributed by atoms with Crippen molar-refractivity contribution in [2.24, 2.45) is 10.2 Å². The van der Waals surface area contributed by atoms with E-state index in [0.29, 0.717) is 12.1 Å². The van der Waals surface area contributed by atoms with Crippen molar-refractivity contribution >= 4 is 21.4 Å². The summed E-state index contributed by atoms with van der Waals surface area (Å²) in [7, 11) is -3.71. The molecule has 1 heterocycles. The van der Waals surface area contributed by atoms with Crippen LogP contribution in [0.5, 0.6) is 5.75 Å². The van der Waals surface area contributed by atoms with E-state index < -0.39 is 10.0 Å². The fourth-order valence-corrected chi connectivity index (χ4v) is 3.61. The van der Waals surface area contributed by atoms with Crippen molar-refractivity contribution in [1.82, 2.24) is 0 Å². The Balaban J connectivity index is 1.62. The standard InChI is InChI=1S/C21H19N3O3S/c22-28(25,26)17-12-10-16(11-13-17)23-24-19-14-21(15-6-2-1-3-7-15)27-20-9-5-4-8-18(19)20/h1-13,21,23H,14H2,(H2,22,25,26). The first-order valence-electron chi connectivity index (χ1n) is 8.77. The molecule has 6 nitrogen and oxygen atoms in total. The zero-order valence-corrected chi connectivity index (χ0v) is 15.8. The Morgan fingerprint density at radius 2 is 1.61 bits per heavy atom. The zero-order valence-electron chi connectivity index (χ0n) is 14.9. The third kappa shape index (κ3) is 3.90. The van der Waals surface area contributed by atoms with Crippen LogP contribution < -0.4 is 15.3 Å². The van der Waals surface area contributed by atoms with Gasteiger partial charge in [-0.25, -0.2) is 13.6 Å². The number of hydrogen-bond acceptors (Lipinski definition) is 5. The smallest absolute Gasteiger partial charge is 0.238 e. The molecule has 3 aromatic carbocycles. The Morgan fingerprint density at radius 3 is 2.32 bits per heavy atom. The van der Waals surface area contributed by atoms with Crippen LogP contribution in [-0.2, 0) is 10.0 Å². The maximum Gasteiger partial charge on any atom is 0.238 e. The van der Waals surface area contributed by atoms with Gasteiger partial charge in [-0.3, -0.25) is 5.43 Å². The average molecular weight is 393 g/mol. The molecule has 0 saturated heterocycles. The second-order valence-electron chi connectivity index (χ2n) is 6.46. The van der Waals surface area contributed by atoms with Gasteiger partial charge in [-0.05, 0) is 42.0 Å². The normalized spacial score (nSPS) is 17.6. The number of rotatable bonds is 4. The lowest BCUT2D eigenvalue weighted by atomic mass is 9.96. The summed E-state index contributed by atoms with van der Waals surface area (Å²) >= 11 is 0. The lowest BCUT2D eigenvalue weighted by molar-refractivity contribution is 0.206. The molecule has 3 N–H and O–H groups in total. The summed E-state index contributed by atoms with van der Waals surface area (Å²) in [6.07, 6.45) is 0.491. The minimum atomic E-state index is -3.71. The minimum absolute atomic E-state index is 0.0613. The van der Waals surface area contributed by atoms with Crippen LogP contribution in [-0.4, -0.2) is 14.1 Å². The van der Waals surface area contributed by atoms with Gasteiger partial charge in [-0.15, -0.1) is 0 Å². The van der Waals surface area contributed by atoms with Gasteiger partial charge in [0.25, 0.3) is 0 Å². The molecular weight excluding hydrogens is 374 g/mol. The zero-order chi connectivity index (χ0) is 19.6. The summed E-state index contributed by atoms with van der Waals surface area (Å²) in [6.45, 7) is 0. The first-order valence-corrected chi connectivity index (χ1v) is 10.3. The van der Waals surface area contributed by atoms with Crippen molar-refractivity contribution in [3.8, 4) is 5.75 Å². The quantitative estimate of drug-likeness (QED) is 0.661. The van der Waals surface area contributed by atoms with Crippen molar-refractivity contribution in [1.29, 1.82) is 0 Å². The maximum absolute atomic E-state index is 11.4. The van der Waals surface area contributed by atoms with Crippen LogP contribution in [0, 0.1) is 0 Å². The van der Waals surface area contributed by atoms with Crippen LogP contribution in [0.4, 0.5) is 5.69 Å². The molecule has 7 heteroatoms. The van der Waals surface area contributed by atoms with Crippen molar-refractivity contribution < 1.29 is 13.2 Å². The van der Waals surface area contributed by atoms with Crippen molar-refractivity contribution in [2.75, 3.05) is 5.43 Å². The fourth-order valence-electron chi connectivity index (χ4n) is 3.10. The van der Waals surface area contributed by atoms with Crippen molar-refractivity contribution in [3.63, 3.8) is 0 Å². The molecular formula is C21H19N3O3S. The highest BCUT2D eigenvalue weighted by Crippen LogP contribution is 2.35. The molecule has 0 aliphatic carbocycles. The molecule has 0 spiro atoms. The molecule has 4 rings (SSSR count). The molecule has 0 amide bonds. The maximum atomic E-state index is 11.4. The Labute approximate surface area is 163 Å². The molecule has 0 aromatic heterocycles. The predicted octanol–water partition coefficient (Wildman–Crippen LogP) is 3.67. The highest BCUT2D eigenvalue weighted by atomic mass is 32.2. The molecule has 0 radical (unpaired) electrons. The summed E-state index contributed by atoms with van der Waals surface area (Å²) in [5, 5.41) is 9.70. The number of hydrogen-bond donors (Lipinski definition) is 2. The van der Waals surface area contributed by atoms with Crippen molar-refractivity contribution in [3.05, 3.63) is 90.0 Å². The van der Waals surface area contributed by atoms with Gasteiger partial charge in [-0.2, -0.15) is 5.10 Å². The molecule has 142 valence electrons. The molecule has 0 saturated carbocycles. The molecule has 0 bridgehead atoms. The van der Waals surface area contributed by atoms with E-state index in [1.165, 1.54) is 12.1 Å². The molecule has 3 aromatic rings. The Bertz CT molecular complexity index is 1110. The molecule has 1 atom stereocenters. The number of para-hydroxylation sites is 1. The third-order valence-electron chi connectivity index (χ3n) is 4.52. The van der Waals surface area contributed by atoms with E-state index in [0.717, 1.165) is 22.6 Å². The van der Waals surface area contributed by atoms with Gasteiger partial charge in [0, 0.05) is 12.0 Å². The van der Waals surface area contributed by atoms with Crippen molar-refractivity contribution in [2.45, 2.75) is 17.4 Å². The average Bonchev–Trinajstić information content (AvgIpc) is 2.72. The fraction of sp³-hybridized carbons (Fsp3) is 0.0952. The Kier molecular flexibility index (Phi) is 4.85. The van der Waals surface area contributed by atoms with E-state index in [-0.39, 0.29) is 11.0 Å². The molecule has 0 fully saturated rings. The lowest BCUT2D eigenvalue weighted by Gasteiger charge is -2.27. The van der Waals surface area contributed by atoms with Gasteiger partial charge < -0.3 is 4.74 Å². The number of nitrogens with zero attached hydrogens (tertiary/aromatic N) is 1. The van der Waals surface area contributed by atoms with E-state index in [9.17, 15) is 8.42 Å². The summed E-state index contributed by atoms with van der Waals surface area (Å²) in [4.78, 5) is 0.0613. The second kappa shape index (κ2) is 7.46. The van der Waals surface area contributed by atoms with Crippen LogP contribution >= 0.6 is 0 Å². The first kappa shape index (κ1) is 18.2. The largest absolute Gasteiger partial charge is 0.485 e. The highest BCUT2D eigenvalue weighted by Gasteiger charge is 2.26. The number of hydrazone groups is 1. The monoisotopic (exact) mass is 393 g/mol. The molecule has 1 aliphatic heterocycles. The molecule has 28 heavy (non-hydrogen) atoms. The topological polar surface area (TPSA) is 93.8 Å². The summed E-state index contributed by atoms with van der Waals surface area (Å²) < 4.78 is 28.9. The summed E-state index contributed by atoms with van der Waals surface area (Å²) in [5.74, 6) is 0.785. The number of nitrogens with two attached hydrogens (primary N) is 1. The Morgan fingerprint density at radius 1 is 0.929 bits per heavy atom. The second-order valence-corrected chi connectivity index (χ2v) is 8.02. The van der Waals surface area contributed by atoms with E-state index in [1.54, 1.807) is 12.1 Å². The number of fused-ring (bicyclic) bond motifs is 1. The number of nitrogens with one attached hydrogen (secondary N) is 1. The summed E-state index contributed by atoms with van der Waals surface area (Å²) in [6, 6.07) is 24.0. The van der Waals surface area contributed by atoms with E-state index in [2.05, 4.69) is 10.5 Å². The summed E-state index contributed by atoms with van der Waals surface area (Å²) in [5.41, 5.74) is 6.56. The van der Waals surface area contributed by atoms with E-state index >= 15 is 0 Å². The van der Waals surface area contributed by atoms with Gasteiger partial charge in [0.15, 0.2) is 0 Å². The Hall–Kier alpha value is -3.16. The van der Waals surface area contributed by atoms with Crippen LogP contribution in [0.15, 0.2) is 88.9 Å². The number of anilines is 1. The number of sulfonamides is 1. The van der Waals surface area contributed by atoms with Crippen LogP contribution in [0.3, 0.4) is 0 Å². The van der Waals surface area contributed by atoms with Gasteiger partial charge in [-0.1, -0.05) is 42.5 Å².